The Bertz CT molecular complexity index is 876. The first kappa shape index (κ1) is 19.0. The molecule has 1 fully saturated rings. The van der Waals surface area contributed by atoms with Crippen LogP contribution < -0.4 is 9.64 Å². The highest BCUT2D eigenvalue weighted by Crippen LogP contribution is 2.46. The predicted octanol–water partition coefficient (Wildman–Crippen LogP) is 3.92. The van der Waals surface area contributed by atoms with Crippen LogP contribution in [-0.2, 0) is 25.5 Å². The summed E-state index contributed by atoms with van der Waals surface area (Å²) in [4.78, 5) is 14.9. The van der Waals surface area contributed by atoms with E-state index in [1.165, 1.54) is 5.56 Å². The van der Waals surface area contributed by atoms with Gasteiger partial charge in [0.05, 0.1) is 25.4 Å². The molecule has 2 aromatic rings. The van der Waals surface area contributed by atoms with Gasteiger partial charge in [-0.25, -0.2) is 0 Å². The Morgan fingerprint density at radius 2 is 1.75 bits per heavy atom. The minimum Gasteiger partial charge on any atom is -0.492 e. The summed E-state index contributed by atoms with van der Waals surface area (Å²) in [7, 11) is 0. The number of hydrogen-bond donors (Lipinski definition) is 0. The molecule has 0 unspecified atom stereocenters. The number of carbonyl (C=O) groups excluding carboxylic acids is 1. The van der Waals surface area contributed by atoms with E-state index in [2.05, 4.69) is 32.9 Å². The van der Waals surface area contributed by atoms with Crippen LogP contribution in [0.5, 0.6) is 5.75 Å². The summed E-state index contributed by atoms with van der Waals surface area (Å²) in [5.41, 5.74) is 4.07. The number of para-hydroxylation sites is 1. The minimum atomic E-state index is -1.28. The van der Waals surface area contributed by atoms with Crippen LogP contribution in [0.2, 0.25) is 0 Å². The lowest BCUT2D eigenvalue weighted by Gasteiger charge is -2.22. The molecule has 0 N–H and O–H groups in total. The normalized spacial score (nSPS) is 18.0. The molecule has 5 nitrogen and oxygen atoms in total. The minimum absolute atomic E-state index is 0.108. The van der Waals surface area contributed by atoms with Crippen molar-refractivity contribution in [2.45, 2.75) is 38.9 Å². The van der Waals surface area contributed by atoms with Gasteiger partial charge in [0.15, 0.2) is 0 Å². The van der Waals surface area contributed by atoms with Gasteiger partial charge in [-0.05, 0) is 35.6 Å². The van der Waals surface area contributed by atoms with E-state index in [1.807, 2.05) is 37.3 Å². The van der Waals surface area contributed by atoms with Crippen LogP contribution in [0.4, 0.5) is 5.69 Å². The molecule has 2 heterocycles. The number of benzene rings is 2. The van der Waals surface area contributed by atoms with E-state index in [-0.39, 0.29) is 11.3 Å². The summed E-state index contributed by atoms with van der Waals surface area (Å²) in [5.74, 6) is -0.649. The Morgan fingerprint density at radius 1 is 1.07 bits per heavy atom. The van der Waals surface area contributed by atoms with Crippen molar-refractivity contribution >= 4 is 11.6 Å². The number of carbonyl (C=O) groups is 1. The zero-order valence-electron chi connectivity index (χ0n) is 17.0. The van der Waals surface area contributed by atoms with Crippen LogP contribution in [0, 0.1) is 6.92 Å². The average molecular weight is 381 g/mol. The monoisotopic (exact) mass is 381 g/mol. The molecular weight excluding hydrogens is 354 g/mol. The quantitative estimate of drug-likeness (QED) is 0.805. The number of ether oxygens (including phenoxy) is 3. The fourth-order valence-electron chi connectivity index (χ4n) is 3.89. The number of aryl methyl sites for hydroxylation is 1. The third-order valence-corrected chi connectivity index (χ3v) is 5.39. The van der Waals surface area contributed by atoms with E-state index < -0.39 is 5.79 Å². The average Bonchev–Trinajstić information content (AvgIpc) is 3.23. The molecule has 1 spiro atoms. The number of hydrogen-bond acceptors (Lipinski definition) is 4. The van der Waals surface area contributed by atoms with Crippen molar-refractivity contribution in [3.63, 3.8) is 0 Å². The van der Waals surface area contributed by atoms with E-state index in [1.54, 1.807) is 4.90 Å². The first-order valence-electron chi connectivity index (χ1n) is 9.76. The van der Waals surface area contributed by atoms with Gasteiger partial charge >= 0.3 is 0 Å². The van der Waals surface area contributed by atoms with Gasteiger partial charge < -0.3 is 19.1 Å². The molecule has 28 heavy (non-hydrogen) atoms. The molecule has 1 amide bonds. The summed E-state index contributed by atoms with van der Waals surface area (Å²) < 4.78 is 17.5. The van der Waals surface area contributed by atoms with E-state index in [4.69, 9.17) is 14.2 Å². The van der Waals surface area contributed by atoms with Crippen molar-refractivity contribution in [2.75, 3.05) is 31.3 Å². The van der Waals surface area contributed by atoms with Gasteiger partial charge in [0.25, 0.3) is 11.7 Å². The number of rotatable bonds is 4. The van der Waals surface area contributed by atoms with Crippen molar-refractivity contribution in [2.24, 2.45) is 0 Å². The first-order chi connectivity index (χ1) is 13.3. The molecule has 148 valence electrons. The van der Waals surface area contributed by atoms with Crippen LogP contribution in [0.25, 0.3) is 0 Å². The lowest BCUT2D eigenvalue weighted by molar-refractivity contribution is -0.180. The Balaban J connectivity index is 1.49. The largest absolute Gasteiger partial charge is 0.492 e. The maximum absolute atomic E-state index is 13.2. The molecule has 0 aromatic heterocycles. The van der Waals surface area contributed by atoms with E-state index in [0.717, 1.165) is 22.6 Å². The summed E-state index contributed by atoms with van der Waals surface area (Å²) in [6.07, 6.45) is 0. The van der Waals surface area contributed by atoms with E-state index in [9.17, 15) is 4.79 Å². The standard InChI is InChI=1S/C23H27NO4/c1-16-6-5-7-19-20(16)24(21(25)23(19)27-14-15-28-23)12-13-26-18-10-8-17(9-11-18)22(2,3)4/h5-11H,12-15H2,1-4H3. The highest BCUT2D eigenvalue weighted by atomic mass is 16.7. The Morgan fingerprint density at radius 3 is 2.39 bits per heavy atom. The Labute approximate surface area is 166 Å². The molecule has 0 bridgehead atoms. The van der Waals surface area contributed by atoms with E-state index >= 15 is 0 Å². The second-order valence-corrected chi connectivity index (χ2v) is 8.36. The molecule has 2 aliphatic heterocycles. The number of fused-ring (bicyclic) bond motifs is 2. The van der Waals surface area contributed by atoms with Gasteiger partial charge in [0.2, 0.25) is 0 Å². The van der Waals surface area contributed by atoms with Crippen molar-refractivity contribution in [1.29, 1.82) is 0 Å². The van der Waals surface area contributed by atoms with Crippen LogP contribution in [0.15, 0.2) is 42.5 Å². The topological polar surface area (TPSA) is 48.0 Å². The van der Waals surface area contributed by atoms with Crippen LogP contribution in [0.1, 0.15) is 37.5 Å². The predicted molar refractivity (Wildman–Crippen MR) is 108 cm³/mol. The summed E-state index contributed by atoms with van der Waals surface area (Å²) in [6, 6.07) is 14.0. The van der Waals surface area contributed by atoms with Crippen molar-refractivity contribution in [3.8, 4) is 5.75 Å². The van der Waals surface area contributed by atoms with Crippen molar-refractivity contribution in [1.82, 2.24) is 0 Å². The fraction of sp³-hybridized carbons (Fsp3) is 0.435. The molecule has 5 heteroatoms. The van der Waals surface area contributed by atoms with Gasteiger partial charge in [-0.1, -0.05) is 51.1 Å². The maximum atomic E-state index is 13.2. The fourth-order valence-corrected chi connectivity index (χ4v) is 3.89. The molecule has 2 aromatic carbocycles. The lowest BCUT2D eigenvalue weighted by atomic mass is 9.87. The molecule has 0 radical (unpaired) electrons. The smallest absolute Gasteiger partial charge is 0.292 e. The molecule has 0 aliphatic carbocycles. The molecule has 0 saturated carbocycles. The van der Waals surface area contributed by atoms with Crippen molar-refractivity contribution < 1.29 is 19.0 Å². The lowest BCUT2D eigenvalue weighted by Crippen LogP contribution is -2.42. The molecule has 4 rings (SSSR count). The zero-order chi connectivity index (χ0) is 19.9. The second-order valence-electron chi connectivity index (χ2n) is 8.36. The van der Waals surface area contributed by atoms with Gasteiger partial charge in [0.1, 0.15) is 12.4 Å². The highest BCUT2D eigenvalue weighted by Gasteiger charge is 2.56. The zero-order valence-corrected chi connectivity index (χ0v) is 17.0. The molecular formula is C23H27NO4. The van der Waals surface area contributed by atoms with Gasteiger partial charge in [-0.2, -0.15) is 0 Å². The van der Waals surface area contributed by atoms with Crippen LogP contribution >= 0.6 is 0 Å². The molecule has 0 atom stereocenters. The van der Waals surface area contributed by atoms with Crippen LogP contribution in [-0.4, -0.2) is 32.3 Å². The summed E-state index contributed by atoms with van der Waals surface area (Å²) >= 11 is 0. The molecule has 2 aliphatic rings. The third-order valence-electron chi connectivity index (χ3n) is 5.39. The van der Waals surface area contributed by atoms with Gasteiger partial charge in [0, 0.05) is 5.56 Å². The number of nitrogens with zero attached hydrogens (tertiary/aromatic N) is 1. The van der Waals surface area contributed by atoms with Gasteiger partial charge in [-0.3, -0.25) is 4.79 Å². The Kier molecular flexibility index (Phi) is 4.68. The number of anilines is 1. The number of amides is 1. The van der Waals surface area contributed by atoms with Gasteiger partial charge in [-0.15, -0.1) is 0 Å². The SMILES string of the molecule is Cc1cccc2c1N(CCOc1ccc(C(C)(C)C)cc1)C(=O)C21OCCO1. The first-order valence-corrected chi connectivity index (χ1v) is 9.76. The van der Waals surface area contributed by atoms with Crippen molar-refractivity contribution in [3.05, 3.63) is 59.2 Å². The third kappa shape index (κ3) is 3.09. The highest BCUT2D eigenvalue weighted by molar-refractivity contribution is 6.07. The van der Waals surface area contributed by atoms with E-state index in [0.29, 0.717) is 26.4 Å². The van der Waals surface area contributed by atoms with Crippen LogP contribution in [0.3, 0.4) is 0 Å². The second kappa shape index (κ2) is 6.90. The Hall–Kier alpha value is -2.37. The summed E-state index contributed by atoms with van der Waals surface area (Å²) in [6.45, 7) is 10.2. The maximum Gasteiger partial charge on any atom is 0.292 e. The molecule has 1 saturated heterocycles. The summed E-state index contributed by atoms with van der Waals surface area (Å²) in [5, 5.41) is 0.